The minimum absolute atomic E-state index is 0.221. The number of hydrogen-bond acceptors (Lipinski definition) is 3. The fourth-order valence-corrected chi connectivity index (χ4v) is 1.81. The van der Waals surface area contributed by atoms with Gasteiger partial charge in [0.1, 0.15) is 0 Å². The van der Waals surface area contributed by atoms with Gasteiger partial charge in [0.25, 0.3) is 0 Å². The average molecular weight is 268 g/mol. The van der Waals surface area contributed by atoms with Crippen LogP contribution in [-0.4, -0.2) is 24.1 Å². The van der Waals surface area contributed by atoms with E-state index in [-0.39, 0.29) is 11.1 Å². The van der Waals surface area contributed by atoms with Crippen molar-refractivity contribution in [3.63, 3.8) is 0 Å². The third kappa shape index (κ3) is 11.5. The number of aromatic nitrogens is 1. The zero-order valence-electron chi connectivity index (χ0n) is 6.81. The Morgan fingerprint density at radius 2 is 1.77 bits per heavy atom. The number of alkyl halides is 1. The number of H-pyrrole nitrogens is 1. The van der Waals surface area contributed by atoms with Crippen LogP contribution in [0, 0.1) is 0 Å². The first-order valence-corrected chi connectivity index (χ1v) is 6.17. The van der Waals surface area contributed by atoms with Gasteiger partial charge in [-0.3, -0.25) is 0 Å². The van der Waals surface area contributed by atoms with Gasteiger partial charge in [-0.1, -0.05) is 22.0 Å². The molecule has 0 amide bonds. The molecule has 1 heterocycles. The van der Waals surface area contributed by atoms with Gasteiger partial charge in [-0.15, -0.1) is 0 Å². The summed E-state index contributed by atoms with van der Waals surface area (Å²) >= 11 is 2.81. The highest BCUT2D eigenvalue weighted by molar-refractivity contribution is 9.09. The lowest BCUT2D eigenvalue weighted by Crippen LogP contribution is -2.04. The van der Waals surface area contributed by atoms with Crippen LogP contribution in [0.2, 0.25) is 0 Å². The van der Waals surface area contributed by atoms with Crippen LogP contribution in [0.25, 0.3) is 0 Å². The summed E-state index contributed by atoms with van der Waals surface area (Å²) in [4.78, 5) is 2.89. The summed E-state index contributed by atoms with van der Waals surface area (Å²) in [6, 6.07) is 5.86. The van der Waals surface area contributed by atoms with Gasteiger partial charge in [0.05, 0.1) is 10.1 Å². The van der Waals surface area contributed by atoms with E-state index < -0.39 is 10.1 Å². The standard InChI is InChI=1S/C5H5N.C2H5BrO3S/c1-2-4-6-5-3-1;3-1-2-7(4,5)6/h1-5H;1-2H2,(H,4,5,6). The predicted molar refractivity (Wildman–Crippen MR) is 51.4 cm³/mol. The Kier molecular flexibility index (Phi) is 6.75. The van der Waals surface area contributed by atoms with E-state index in [2.05, 4.69) is 20.9 Å². The third-order valence-electron chi connectivity index (χ3n) is 0.934. The van der Waals surface area contributed by atoms with E-state index in [1.807, 2.05) is 30.6 Å². The molecule has 1 aromatic rings. The van der Waals surface area contributed by atoms with Crippen molar-refractivity contribution in [2.75, 3.05) is 11.1 Å². The average Bonchev–Trinajstić information content (AvgIpc) is 2.06. The monoisotopic (exact) mass is 267 g/mol. The molecule has 0 aliphatic rings. The first-order valence-electron chi connectivity index (χ1n) is 3.47. The smallest absolute Gasteiger partial charge is 0.166 e. The lowest BCUT2D eigenvalue weighted by Gasteiger charge is -2.00. The fourth-order valence-electron chi connectivity index (χ4n) is 0.436. The molecule has 1 rings (SSSR count). The summed E-state index contributed by atoms with van der Waals surface area (Å²) in [5.74, 6) is -0.326. The van der Waals surface area contributed by atoms with E-state index in [4.69, 9.17) is 0 Å². The maximum absolute atomic E-state index is 9.65. The van der Waals surface area contributed by atoms with Gasteiger partial charge in [0.2, 0.25) is 0 Å². The second-order valence-electron chi connectivity index (χ2n) is 2.03. The van der Waals surface area contributed by atoms with Crippen molar-refractivity contribution in [1.29, 1.82) is 0 Å². The largest absolute Gasteiger partial charge is 0.748 e. The molecule has 0 saturated carbocycles. The fraction of sp³-hybridized carbons (Fsp3) is 0.286. The van der Waals surface area contributed by atoms with Crippen LogP contribution >= 0.6 is 15.9 Å². The van der Waals surface area contributed by atoms with Crippen LogP contribution in [0.3, 0.4) is 0 Å². The molecule has 13 heavy (non-hydrogen) atoms. The van der Waals surface area contributed by atoms with Crippen molar-refractivity contribution in [2.45, 2.75) is 0 Å². The van der Waals surface area contributed by atoms with Crippen molar-refractivity contribution in [3.8, 4) is 0 Å². The number of nitrogens with one attached hydrogen (secondary N) is 1. The molecule has 0 aliphatic heterocycles. The zero-order chi connectivity index (χ0) is 10.2. The Morgan fingerprint density at radius 3 is 1.85 bits per heavy atom. The van der Waals surface area contributed by atoms with Gasteiger partial charge in [0.15, 0.2) is 12.4 Å². The molecule has 0 radical (unpaired) electrons. The van der Waals surface area contributed by atoms with Crippen LogP contribution in [0.4, 0.5) is 0 Å². The van der Waals surface area contributed by atoms with Gasteiger partial charge < -0.3 is 4.55 Å². The van der Waals surface area contributed by atoms with E-state index in [1.165, 1.54) is 0 Å². The molecule has 0 fully saturated rings. The third-order valence-corrected chi connectivity index (χ3v) is 2.56. The second-order valence-corrected chi connectivity index (χ2v) is 4.34. The molecule has 6 heteroatoms. The van der Waals surface area contributed by atoms with Gasteiger partial charge in [-0.25, -0.2) is 13.4 Å². The molecule has 74 valence electrons. The zero-order valence-corrected chi connectivity index (χ0v) is 9.21. The molecule has 0 saturated heterocycles. The predicted octanol–water partition coefficient (Wildman–Crippen LogP) is 0.427. The van der Waals surface area contributed by atoms with Gasteiger partial charge >= 0.3 is 0 Å². The molecule has 1 aromatic heterocycles. The summed E-state index contributed by atoms with van der Waals surface area (Å²) in [5, 5.41) is 0.221. The van der Waals surface area contributed by atoms with E-state index in [0.717, 1.165) is 0 Å². The Labute approximate surface area is 85.9 Å². The molecule has 0 unspecified atom stereocenters. The minimum atomic E-state index is -3.97. The molecular formula is C7H10BrNO3S. The minimum Gasteiger partial charge on any atom is -0.748 e. The highest BCUT2D eigenvalue weighted by Gasteiger charge is 1.88. The van der Waals surface area contributed by atoms with Gasteiger partial charge in [0, 0.05) is 23.2 Å². The van der Waals surface area contributed by atoms with Crippen LogP contribution < -0.4 is 4.98 Å². The van der Waals surface area contributed by atoms with E-state index in [0.29, 0.717) is 0 Å². The highest BCUT2D eigenvalue weighted by atomic mass is 79.9. The molecule has 0 atom stereocenters. The maximum atomic E-state index is 9.65. The van der Waals surface area contributed by atoms with Crippen LogP contribution in [0.15, 0.2) is 30.6 Å². The normalized spacial score (nSPS) is 10.0. The Morgan fingerprint density at radius 1 is 1.23 bits per heavy atom. The van der Waals surface area contributed by atoms with Crippen molar-refractivity contribution in [2.24, 2.45) is 0 Å². The number of pyridine rings is 1. The quantitative estimate of drug-likeness (QED) is 0.576. The Bertz CT molecular complexity index is 274. The number of halogens is 1. The molecule has 0 spiro atoms. The maximum Gasteiger partial charge on any atom is 0.166 e. The van der Waals surface area contributed by atoms with Crippen LogP contribution in [-0.2, 0) is 10.1 Å². The first-order chi connectivity index (χ1) is 6.06. The molecule has 0 bridgehead atoms. The summed E-state index contributed by atoms with van der Waals surface area (Å²) in [6.45, 7) is 0. The summed E-state index contributed by atoms with van der Waals surface area (Å²) in [6.07, 6.45) is 3.75. The lowest BCUT2D eigenvalue weighted by molar-refractivity contribution is -0.377. The summed E-state index contributed by atoms with van der Waals surface area (Å²) in [5.41, 5.74) is 0. The second kappa shape index (κ2) is 6.99. The molecule has 1 N–H and O–H groups in total. The van der Waals surface area contributed by atoms with E-state index in [9.17, 15) is 13.0 Å². The highest BCUT2D eigenvalue weighted by Crippen LogP contribution is 1.84. The molecule has 0 aromatic carbocycles. The van der Waals surface area contributed by atoms with Crippen molar-refractivity contribution in [1.82, 2.24) is 0 Å². The van der Waals surface area contributed by atoms with Gasteiger partial charge in [-0.2, -0.15) is 0 Å². The van der Waals surface area contributed by atoms with Crippen molar-refractivity contribution in [3.05, 3.63) is 30.6 Å². The Balaban J connectivity index is 0.000000223. The number of hydrogen-bond donors (Lipinski definition) is 0. The number of aromatic amines is 1. The topological polar surface area (TPSA) is 71.3 Å². The molecular weight excluding hydrogens is 258 g/mol. The van der Waals surface area contributed by atoms with Crippen LogP contribution in [0.5, 0.6) is 0 Å². The van der Waals surface area contributed by atoms with Crippen molar-refractivity contribution >= 4 is 26.0 Å². The summed E-state index contributed by atoms with van der Waals surface area (Å²) in [7, 11) is -3.97. The van der Waals surface area contributed by atoms with Gasteiger partial charge in [-0.05, 0) is 0 Å². The van der Waals surface area contributed by atoms with Crippen molar-refractivity contribution < 1.29 is 18.0 Å². The molecule has 4 nitrogen and oxygen atoms in total. The van der Waals surface area contributed by atoms with E-state index in [1.54, 1.807) is 0 Å². The summed E-state index contributed by atoms with van der Waals surface area (Å²) < 4.78 is 28.9. The van der Waals surface area contributed by atoms with E-state index >= 15 is 0 Å². The number of rotatable bonds is 2. The first kappa shape index (κ1) is 12.5. The Hall–Kier alpha value is -0.460. The van der Waals surface area contributed by atoms with Crippen LogP contribution in [0.1, 0.15) is 0 Å². The molecule has 0 aliphatic carbocycles. The lowest BCUT2D eigenvalue weighted by atomic mass is 10.5. The SMILES string of the molecule is O=S(=O)([O-])CCBr.c1cc[nH+]cc1.